The summed E-state index contributed by atoms with van der Waals surface area (Å²) in [5.74, 6) is -0.479. The first kappa shape index (κ1) is 14.8. The van der Waals surface area contributed by atoms with Crippen LogP contribution in [-0.2, 0) is 9.53 Å². The van der Waals surface area contributed by atoms with Crippen molar-refractivity contribution in [2.24, 2.45) is 5.92 Å². The van der Waals surface area contributed by atoms with E-state index in [0.717, 1.165) is 32.5 Å². The Hall–Kier alpha value is -1.30. The molecule has 1 heterocycles. The van der Waals surface area contributed by atoms with E-state index in [0.29, 0.717) is 18.9 Å². The van der Waals surface area contributed by atoms with E-state index in [1.54, 1.807) is 0 Å². The standard InChI is InChI=1S/C12H22N2O4/c1-2-3-10(11(15)16)14-12(17)13-6-4-9-5-7-18-8-9/h9-10H,2-8H2,1H3,(H,15,16)(H2,13,14,17). The second-order valence-corrected chi connectivity index (χ2v) is 4.60. The molecule has 18 heavy (non-hydrogen) atoms. The Morgan fingerprint density at radius 3 is 2.83 bits per heavy atom. The zero-order valence-corrected chi connectivity index (χ0v) is 10.8. The van der Waals surface area contributed by atoms with Gasteiger partial charge in [0.25, 0.3) is 0 Å². The predicted molar refractivity (Wildman–Crippen MR) is 66.4 cm³/mol. The minimum absolute atomic E-state index is 0.408. The molecular weight excluding hydrogens is 236 g/mol. The average Bonchev–Trinajstić information content (AvgIpc) is 2.81. The molecule has 0 aromatic heterocycles. The molecule has 6 heteroatoms. The van der Waals surface area contributed by atoms with E-state index in [1.807, 2.05) is 6.92 Å². The molecule has 0 bridgehead atoms. The minimum atomic E-state index is -0.990. The van der Waals surface area contributed by atoms with Crippen LogP contribution in [0.3, 0.4) is 0 Å². The number of carbonyl (C=O) groups is 2. The first-order valence-electron chi connectivity index (χ1n) is 6.48. The number of ether oxygens (including phenoxy) is 1. The number of aliphatic carboxylic acids is 1. The molecule has 1 aliphatic heterocycles. The summed E-state index contributed by atoms with van der Waals surface area (Å²) in [6, 6.07) is -1.21. The second kappa shape index (κ2) is 7.92. The Kier molecular flexibility index (Phi) is 6.49. The summed E-state index contributed by atoms with van der Waals surface area (Å²) in [4.78, 5) is 22.3. The van der Waals surface area contributed by atoms with Crippen molar-refractivity contribution in [1.29, 1.82) is 0 Å². The van der Waals surface area contributed by atoms with Gasteiger partial charge in [-0.15, -0.1) is 0 Å². The minimum Gasteiger partial charge on any atom is -0.480 e. The summed E-state index contributed by atoms with van der Waals surface area (Å²) >= 11 is 0. The molecule has 2 atom stereocenters. The molecule has 2 unspecified atom stereocenters. The zero-order chi connectivity index (χ0) is 13.4. The van der Waals surface area contributed by atoms with Gasteiger partial charge in [0.2, 0.25) is 0 Å². The topological polar surface area (TPSA) is 87.7 Å². The van der Waals surface area contributed by atoms with Crippen LogP contribution < -0.4 is 10.6 Å². The van der Waals surface area contributed by atoms with Gasteiger partial charge in [-0.3, -0.25) is 0 Å². The van der Waals surface area contributed by atoms with Crippen LogP contribution in [0.25, 0.3) is 0 Å². The highest BCUT2D eigenvalue weighted by molar-refractivity contribution is 5.82. The normalized spacial score (nSPS) is 20.4. The quantitative estimate of drug-likeness (QED) is 0.635. The zero-order valence-electron chi connectivity index (χ0n) is 10.8. The Morgan fingerprint density at radius 2 is 2.28 bits per heavy atom. The third-order valence-corrected chi connectivity index (χ3v) is 3.04. The van der Waals surface area contributed by atoms with Crippen molar-refractivity contribution >= 4 is 12.0 Å². The molecule has 0 radical (unpaired) electrons. The third-order valence-electron chi connectivity index (χ3n) is 3.04. The molecule has 1 fully saturated rings. The molecule has 0 aromatic rings. The first-order valence-corrected chi connectivity index (χ1v) is 6.48. The van der Waals surface area contributed by atoms with Crippen molar-refractivity contribution in [1.82, 2.24) is 10.6 Å². The number of nitrogens with one attached hydrogen (secondary N) is 2. The average molecular weight is 258 g/mol. The number of urea groups is 1. The van der Waals surface area contributed by atoms with Crippen LogP contribution in [0.4, 0.5) is 4.79 Å². The van der Waals surface area contributed by atoms with Crippen LogP contribution in [0.15, 0.2) is 0 Å². The number of hydrogen-bond acceptors (Lipinski definition) is 3. The van der Waals surface area contributed by atoms with Gasteiger partial charge >= 0.3 is 12.0 Å². The van der Waals surface area contributed by atoms with E-state index in [-0.39, 0.29) is 0 Å². The number of rotatable bonds is 7. The number of hydrogen-bond donors (Lipinski definition) is 3. The highest BCUT2D eigenvalue weighted by Gasteiger charge is 2.19. The summed E-state index contributed by atoms with van der Waals surface area (Å²) in [5, 5.41) is 14.0. The van der Waals surface area contributed by atoms with Crippen molar-refractivity contribution in [2.45, 2.75) is 38.6 Å². The van der Waals surface area contributed by atoms with E-state index >= 15 is 0 Å². The maximum absolute atomic E-state index is 11.5. The largest absolute Gasteiger partial charge is 0.480 e. The van der Waals surface area contributed by atoms with Gasteiger partial charge in [0, 0.05) is 19.8 Å². The summed E-state index contributed by atoms with van der Waals surface area (Å²) in [6.07, 6.45) is 3.08. The van der Waals surface area contributed by atoms with Crippen molar-refractivity contribution in [3.8, 4) is 0 Å². The smallest absolute Gasteiger partial charge is 0.326 e. The molecule has 0 aromatic carbocycles. The van der Waals surface area contributed by atoms with Gasteiger partial charge in [-0.05, 0) is 25.2 Å². The van der Waals surface area contributed by atoms with E-state index in [2.05, 4.69) is 10.6 Å². The lowest BCUT2D eigenvalue weighted by Gasteiger charge is -2.15. The fraction of sp³-hybridized carbons (Fsp3) is 0.833. The molecule has 2 amide bonds. The van der Waals surface area contributed by atoms with Crippen LogP contribution in [-0.4, -0.2) is 42.9 Å². The monoisotopic (exact) mass is 258 g/mol. The fourth-order valence-corrected chi connectivity index (χ4v) is 1.96. The lowest BCUT2D eigenvalue weighted by Crippen LogP contribution is -2.46. The number of amides is 2. The van der Waals surface area contributed by atoms with E-state index < -0.39 is 18.0 Å². The molecule has 6 nitrogen and oxygen atoms in total. The summed E-state index contributed by atoms with van der Waals surface area (Å²) < 4.78 is 5.24. The number of carboxylic acids is 1. The van der Waals surface area contributed by atoms with Crippen LogP contribution in [0.2, 0.25) is 0 Å². The van der Waals surface area contributed by atoms with Gasteiger partial charge in [-0.1, -0.05) is 13.3 Å². The number of carbonyl (C=O) groups excluding carboxylic acids is 1. The van der Waals surface area contributed by atoms with Gasteiger partial charge in [-0.2, -0.15) is 0 Å². The molecule has 1 rings (SSSR count). The highest BCUT2D eigenvalue weighted by Crippen LogP contribution is 2.14. The Labute approximate surface area is 107 Å². The molecule has 0 saturated carbocycles. The summed E-state index contributed by atoms with van der Waals surface area (Å²) in [6.45, 7) is 4.00. The van der Waals surface area contributed by atoms with Crippen molar-refractivity contribution in [3.63, 3.8) is 0 Å². The van der Waals surface area contributed by atoms with E-state index in [9.17, 15) is 9.59 Å². The molecule has 1 aliphatic rings. The van der Waals surface area contributed by atoms with Gasteiger partial charge in [0.05, 0.1) is 0 Å². The third kappa shape index (κ3) is 5.35. The van der Waals surface area contributed by atoms with E-state index in [1.165, 1.54) is 0 Å². The lowest BCUT2D eigenvalue weighted by atomic mass is 10.1. The molecule has 3 N–H and O–H groups in total. The van der Waals surface area contributed by atoms with Crippen molar-refractivity contribution in [2.75, 3.05) is 19.8 Å². The summed E-state index contributed by atoms with van der Waals surface area (Å²) in [7, 11) is 0. The molecule has 1 saturated heterocycles. The summed E-state index contributed by atoms with van der Waals surface area (Å²) in [5.41, 5.74) is 0. The Bertz CT molecular complexity index is 277. The van der Waals surface area contributed by atoms with Crippen LogP contribution in [0.5, 0.6) is 0 Å². The molecule has 0 aliphatic carbocycles. The maximum Gasteiger partial charge on any atom is 0.326 e. The van der Waals surface area contributed by atoms with Gasteiger partial charge < -0.3 is 20.5 Å². The van der Waals surface area contributed by atoms with Crippen LogP contribution >= 0.6 is 0 Å². The SMILES string of the molecule is CCCC(NC(=O)NCCC1CCOC1)C(=O)O. The maximum atomic E-state index is 11.5. The second-order valence-electron chi connectivity index (χ2n) is 4.60. The lowest BCUT2D eigenvalue weighted by molar-refractivity contribution is -0.139. The van der Waals surface area contributed by atoms with Crippen LogP contribution in [0.1, 0.15) is 32.6 Å². The fourth-order valence-electron chi connectivity index (χ4n) is 1.96. The van der Waals surface area contributed by atoms with Gasteiger partial charge in [0.15, 0.2) is 0 Å². The first-order chi connectivity index (χ1) is 8.63. The Morgan fingerprint density at radius 1 is 1.50 bits per heavy atom. The predicted octanol–water partition coefficient (Wildman–Crippen LogP) is 0.966. The molecule has 104 valence electrons. The Balaban J connectivity index is 2.16. The van der Waals surface area contributed by atoms with Gasteiger partial charge in [0.1, 0.15) is 6.04 Å². The van der Waals surface area contributed by atoms with Crippen molar-refractivity contribution < 1.29 is 19.4 Å². The van der Waals surface area contributed by atoms with Crippen molar-refractivity contribution in [3.05, 3.63) is 0 Å². The van der Waals surface area contributed by atoms with Gasteiger partial charge in [-0.25, -0.2) is 9.59 Å². The molecule has 0 spiro atoms. The van der Waals surface area contributed by atoms with Crippen LogP contribution in [0, 0.1) is 5.92 Å². The highest BCUT2D eigenvalue weighted by atomic mass is 16.5. The van der Waals surface area contributed by atoms with E-state index in [4.69, 9.17) is 9.84 Å². The number of carboxylic acid groups (broad SMARTS) is 1. The molecular formula is C12H22N2O4.